The fraction of sp³-hybridized carbons (Fsp3) is 1.00. The van der Waals surface area contributed by atoms with E-state index in [1.165, 1.54) is 37.9 Å². The quantitative estimate of drug-likeness (QED) is 0.691. The third-order valence-corrected chi connectivity index (χ3v) is 7.18. The minimum absolute atomic E-state index is 0.899. The van der Waals surface area contributed by atoms with Crippen LogP contribution in [0.15, 0.2) is 0 Å². The molecule has 3 heterocycles. The van der Waals surface area contributed by atoms with Crippen LogP contribution in [0.4, 0.5) is 0 Å². The first-order valence-corrected chi connectivity index (χ1v) is 8.58. The second-order valence-corrected chi connectivity index (χ2v) is 8.06. The van der Waals surface area contributed by atoms with Gasteiger partial charge in [-0.15, -0.1) is 0 Å². The van der Waals surface area contributed by atoms with Gasteiger partial charge in [0.1, 0.15) is 0 Å². The third-order valence-electron chi connectivity index (χ3n) is 3.49. The number of fused-ring (bicyclic) bond motifs is 6. The normalized spacial score (nSPS) is 37.0. The number of hydrogen-bond acceptors (Lipinski definition) is 3. The largest absolute Gasteiger partial charge is 0.393 e. The molecular weight excluding hydrogens is 206 g/mol. The van der Waals surface area contributed by atoms with Gasteiger partial charge < -0.3 is 8.85 Å². The van der Waals surface area contributed by atoms with Crippen LogP contribution in [0.3, 0.4) is 0 Å². The summed E-state index contributed by atoms with van der Waals surface area (Å²) in [6, 6.07) is 2.42. The fourth-order valence-electron chi connectivity index (χ4n) is 2.53. The number of rotatable bonds is 3. The van der Waals surface area contributed by atoms with E-state index in [-0.39, 0.29) is 0 Å². The van der Waals surface area contributed by atoms with Crippen molar-refractivity contribution in [3.63, 3.8) is 0 Å². The molecule has 0 amide bonds. The highest BCUT2D eigenvalue weighted by Gasteiger charge is 2.39. The minimum atomic E-state index is -1.77. The Morgan fingerprint density at radius 1 is 1.13 bits per heavy atom. The molecule has 88 valence electrons. The topological polar surface area (TPSA) is 21.7 Å². The lowest BCUT2D eigenvalue weighted by atomic mass is 10.4. The monoisotopic (exact) mass is 229 g/mol. The van der Waals surface area contributed by atoms with Crippen LogP contribution in [0.25, 0.3) is 0 Å². The molecule has 0 N–H and O–H groups in total. The summed E-state index contributed by atoms with van der Waals surface area (Å²) in [4.78, 5) is 2.47. The fourth-order valence-corrected chi connectivity index (χ4v) is 5.96. The Kier molecular flexibility index (Phi) is 4.19. The maximum absolute atomic E-state index is 6.12. The molecule has 4 heteroatoms. The summed E-state index contributed by atoms with van der Waals surface area (Å²) in [5.41, 5.74) is 0. The van der Waals surface area contributed by atoms with Crippen molar-refractivity contribution < 1.29 is 8.85 Å². The third kappa shape index (κ3) is 3.03. The summed E-state index contributed by atoms with van der Waals surface area (Å²) >= 11 is 0. The molecule has 0 saturated carbocycles. The van der Waals surface area contributed by atoms with Gasteiger partial charge in [-0.3, -0.25) is 4.90 Å². The average Bonchev–Trinajstić information content (AvgIpc) is 2.14. The smallest absolute Gasteiger partial charge is 0.338 e. The lowest BCUT2D eigenvalue weighted by Gasteiger charge is -2.39. The second kappa shape index (κ2) is 5.43. The van der Waals surface area contributed by atoms with Gasteiger partial charge in [-0.05, 0) is 25.1 Å². The first-order chi connectivity index (χ1) is 7.35. The predicted molar refractivity (Wildman–Crippen MR) is 63.2 cm³/mol. The van der Waals surface area contributed by atoms with Crippen LogP contribution in [-0.2, 0) is 8.85 Å². The van der Waals surface area contributed by atoms with Gasteiger partial charge in [0.15, 0.2) is 0 Å². The van der Waals surface area contributed by atoms with E-state index in [4.69, 9.17) is 8.85 Å². The lowest BCUT2D eigenvalue weighted by Crippen LogP contribution is -2.51. The Morgan fingerprint density at radius 2 is 1.87 bits per heavy atom. The van der Waals surface area contributed by atoms with Crippen LogP contribution < -0.4 is 0 Å². The van der Waals surface area contributed by atoms with Crippen molar-refractivity contribution in [2.75, 3.05) is 32.8 Å². The molecule has 0 atom stereocenters. The van der Waals surface area contributed by atoms with Crippen molar-refractivity contribution in [2.24, 2.45) is 0 Å². The van der Waals surface area contributed by atoms with Crippen molar-refractivity contribution in [2.45, 2.75) is 38.3 Å². The van der Waals surface area contributed by atoms with Gasteiger partial charge in [0.05, 0.1) is 0 Å². The van der Waals surface area contributed by atoms with Gasteiger partial charge in [-0.2, -0.15) is 0 Å². The van der Waals surface area contributed by atoms with E-state index in [0.717, 1.165) is 26.3 Å². The molecular formula is C11H23NO2Si. The maximum atomic E-state index is 6.12. The minimum Gasteiger partial charge on any atom is -0.393 e. The van der Waals surface area contributed by atoms with Crippen LogP contribution >= 0.6 is 0 Å². The molecule has 3 saturated heterocycles. The molecule has 0 aromatic rings. The first-order valence-electron chi connectivity index (χ1n) is 6.35. The van der Waals surface area contributed by atoms with E-state index in [1.807, 2.05) is 0 Å². The zero-order chi connectivity index (χ0) is 10.6. The number of unbranched alkanes of at least 4 members (excludes halogenated alkanes) is 1. The molecule has 3 aliphatic rings. The van der Waals surface area contributed by atoms with E-state index < -0.39 is 8.56 Å². The Bertz CT molecular complexity index is 168. The molecule has 3 rings (SSSR count). The highest BCUT2D eigenvalue weighted by atomic mass is 28.4. The van der Waals surface area contributed by atoms with Crippen LogP contribution in [0.5, 0.6) is 0 Å². The van der Waals surface area contributed by atoms with E-state index in [0.29, 0.717) is 0 Å². The van der Waals surface area contributed by atoms with Gasteiger partial charge >= 0.3 is 8.56 Å². The molecule has 3 aliphatic heterocycles. The Balaban J connectivity index is 1.98. The average molecular weight is 229 g/mol. The number of hydrogen-bond donors (Lipinski definition) is 0. The van der Waals surface area contributed by atoms with Crippen LogP contribution in [-0.4, -0.2) is 46.3 Å². The summed E-state index contributed by atoms with van der Waals surface area (Å²) in [5.74, 6) is 0. The highest BCUT2D eigenvalue weighted by molar-refractivity contribution is 6.67. The predicted octanol–water partition coefficient (Wildman–Crippen LogP) is 1.98. The van der Waals surface area contributed by atoms with Crippen molar-refractivity contribution in [3.05, 3.63) is 0 Å². The van der Waals surface area contributed by atoms with Gasteiger partial charge in [-0.1, -0.05) is 19.8 Å². The molecule has 15 heavy (non-hydrogen) atoms. The summed E-state index contributed by atoms with van der Waals surface area (Å²) < 4.78 is 12.2. The molecule has 0 aromatic heterocycles. The van der Waals surface area contributed by atoms with Gasteiger partial charge in [0.2, 0.25) is 0 Å². The molecule has 0 radical (unpaired) electrons. The summed E-state index contributed by atoms with van der Waals surface area (Å²) in [6.45, 7) is 7.53. The Labute approximate surface area is 94.0 Å². The Hall–Kier alpha value is 0.0969. The molecule has 3 fully saturated rings. The molecule has 0 aromatic carbocycles. The summed E-state index contributed by atoms with van der Waals surface area (Å²) in [7, 11) is -1.77. The molecule has 2 bridgehead atoms. The zero-order valence-electron chi connectivity index (χ0n) is 9.83. The lowest BCUT2D eigenvalue weighted by molar-refractivity contribution is 0.0787. The van der Waals surface area contributed by atoms with Gasteiger partial charge in [0.25, 0.3) is 0 Å². The SMILES string of the molecule is CCCC[Si]12CCCN(CCO1)CCO2. The summed E-state index contributed by atoms with van der Waals surface area (Å²) in [5, 5.41) is 0. The standard InChI is InChI=1S/C11H23NO2Si/c1-2-3-10-15-11-4-5-12(6-8-13-15)7-9-14-15/h2-11H2,1H3. The van der Waals surface area contributed by atoms with Crippen molar-refractivity contribution >= 4 is 8.56 Å². The highest BCUT2D eigenvalue weighted by Crippen LogP contribution is 2.27. The molecule has 3 nitrogen and oxygen atoms in total. The van der Waals surface area contributed by atoms with Crippen LogP contribution in [0.2, 0.25) is 12.1 Å². The first kappa shape index (κ1) is 11.6. The van der Waals surface area contributed by atoms with Gasteiger partial charge in [-0.25, -0.2) is 0 Å². The van der Waals surface area contributed by atoms with E-state index >= 15 is 0 Å². The molecule has 0 aliphatic carbocycles. The van der Waals surface area contributed by atoms with E-state index in [2.05, 4.69) is 11.8 Å². The zero-order valence-corrected chi connectivity index (χ0v) is 10.8. The van der Waals surface area contributed by atoms with E-state index in [9.17, 15) is 0 Å². The number of nitrogens with zero attached hydrogens (tertiary/aromatic N) is 1. The van der Waals surface area contributed by atoms with Gasteiger partial charge in [0, 0.05) is 26.3 Å². The van der Waals surface area contributed by atoms with Crippen molar-refractivity contribution in [3.8, 4) is 0 Å². The van der Waals surface area contributed by atoms with Crippen molar-refractivity contribution in [1.29, 1.82) is 0 Å². The van der Waals surface area contributed by atoms with Crippen molar-refractivity contribution in [1.82, 2.24) is 4.90 Å². The second-order valence-electron chi connectivity index (χ2n) is 4.66. The maximum Gasteiger partial charge on any atom is 0.338 e. The summed E-state index contributed by atoms with van der Waals surface area (Å²) in [6.07, 6.45) is 3.81. The molecule has 0 unspecified atom stereocenters. The van der Waals surface area contributed by atoms with Crippen LogP contribution in [0, 0.1) is 0 Å². The van der Waals surface area contributed by atoms with E-state index in [1.54, 1.807) is 0 Å². The van der Waals surface area contributed by atoms with Crippen LogP contribution in [0.1, 0.15) is 26.2 Å². The Morgan fingerprint density at radius 3 is 2.53 bits per heavy atom. The molecule has 0 spiro atoms.